The molecule has 0 spiro atoms. The average molecular weight is 245 g/mol. The predicted molar refractivity (Wildman–Crippen MR) is 60.1 cm³/mol. The van der Waals surface area contributed by atoms with Crippen LogP contribution in [0.15, 0.2) is 23.1 Å². The van der Waals surface area contributed by atoms with Crippen molar-refractivity contribution in [2.24, 2.45) is 5.14 Å². The van der Waals surface area contributed by atoms with Crippen molar-refractivity contribution in [3.63, 3.8) is 0 Å². The Morgan fingerprint density at radius 2 is 1.81 bits per heavy atom. The van der Waals surface area contributed by atoms with Gasteiger partial charge in [0.05, 0.1) is 13.2 Å². The molecule has 0 saturated carbocycles. The van der Waals surface area contributed by atoms with E-state index in [0.29, 0.717) is 0 Å². The number of primary sulfonamides is 1. The van der Waals surface area contributed by atoms with Gasteiger partial charge in [-0.25, -0.2) is 13.6 Å². The Labute approximate surface area is 95.2 Å². The highest BCUT2D eigenvalue weighted by Crippen LogP contribution is 2.32. The van der Waals surface area contributed by atoms with E-state index in [2.05, 4.69) is 0 Å². The van der Waals surface area contributed by atoms with Crippen LogP contribution in [0.25, 0.3) is 0 Å². The molecule has 16 heavy (non-hydrogen) atoms. The normalized spacial score (nSPS) is 11.6. The summed E-state index contributed by atoms with van der Waals surface area (Å²) in [7, 11) is -2.49. The fourth-order valence-electron chi connectivity index (χ4n) is 1.28. The van der Waals surface area contributed by atoms with Crippen LogP contribution in [0, 0.1) is 0 Å². The van der Waals surface area contributed by atoms with Gasteiger partial charge in [-0.2, -0.15) is 0 Å². The summed E-state index contributed by atoms with van der Waals surface area (Å²) >= 11 is 0. The molecule has 0 bridgehead atoms. The fraction of sp³-hybridized carbons (Fsp3) is 0.400. The van der Waals surface area contributed by atoms with Gasteiger partial charge in [0.1, 0.15) is 11.5 Å². The van der Waals surface area contributed by atoms with Crippen molar-refractivity contribution in [3.05, 3.63) is 18.2 Å². The summed E-state index contributed by atoms with van der Waals surface area (Å²) in [5.41, 5.74) is 0. The van der Waals surface area contributed by atoms with Gasteiger partial charge in [0, 0.05) is 0 Å². The average Bonchev–Trinajstić information content (AvgIpc) is 2.14. The van der Waals surface area contributed by atoms with Crippen LogP contribution in [0.3, 0.4) is 0 Å². The number of nitrogens with two attached hydrogens (primary N) is 1. The van der Waals surface area contributed by atoms with Crippen LogP contribution in [-0.2, 0) is 10.0 Å². The van der Waals surface area contributed by atoms with Crippen LogP contribution in [-0.4, -0.2) is 21.6 Å². The summed E-state index contributed by atoms with van der Waals surface area (Å²) in [6.45, 7) is 3.60. The zero-order chi connectivity index (χ0) is 12.3. The van der Waals surface area contributed by atoms with Gasteiger partial charge in [0.2, 0.25) is 10.0 Å². The molecule has 0 atom stereocenters. The Morgan fingerprint density at radius 3 is 2.25 bits per heavy atom. The molecule has 1 rings (SSSR count). The Kier molecular flexibility index (Phi) is 3.77. The summed E-state index contributed by atoms with van der Waals surface area (Å²) in [6, 6.07) is 4.71. The van der Waals surface area contributed by atoms with Crippen molar-refractivity contribution in [1.29, 1.82) is 0 Å². The lowest BCUT2D eigenvalue weighted by molar-refractivity contribution is 0.233. The largest absolute Gasteiger partial charge is 0.495 e. The lowest BCUT2D eigenvalue weighted by Crippen LogP contribution is -2.17. The molecule has 0 radical (unpaired) electrons. The lowest BCUT2D eigenvalue weighted by atomic mass is 10.3. The predicted octanol–water partition coefficient (Wildman–Crippen LogP) is 1.13. The molecule has 0 aromatic heterocycles. The van der Waals surface area contributed by atoms with Crippen LogP contribution >= 0.6 is 0 Å². The summed E-state index contributed by atoms with van der Waals surface area (Å²) in [5, 5.41) is 5.12. The lowest BCUT2D eigenvalue weighted by Gasteiger charge is -2.15. The minimum atomic E-state index is -3.87. The van der Waals surface area contributed by atoms with Gasteiger partial charge in [-0.05, 0) is 26.0 Å². The second-order valence-corrected chi connectivity index (χ2v) is 5.00. The standard InChI is InChI=1S/C10H15NO4S/c1-7(2)15-9-6-4-5-8(14-3)10(9)16(11,12)13/h4-7H,1-3H3,(H2,11,12,13). The second kappa shape index (κ2) is 4.71. The van der Waals surface area contributed by atoms with Gasteiger partial charge < -0.3 is 9.47 Å². The van der Waals surface area contributed by atoms with E-state index >= 15 is 0 Å². The highest BCUT2D eigenvalue weighted by Gasteiger charge is 2.21. The summed E-state index contributed by atoms with van der Waals surface area (Å²) in [5.74, 6) is 0.387. The summed E-state index contributed by atoms with van der Waals surface area (Å²) < 4.78 is 33.2. The van der Waals surface area contributed by atoms with Crippen molar-refractivity contribution >= 4 is 10.0 Å². The Morgan fingerprint density at radius 1 is 1.25 bits per heavy atom. The first kappa shape index (κ1) is 12.8. The second-order valence-electron chi connectivity index (χ2n) is 3.50. The van der Waals surface area contributed by atoms with Crippen LogP contribution in [0.2, 0.25) is 0 Å². The third kappa shape index (κ3) is 2.86. The van der Waals surface area contributed by atoms with Crippen molar-refractivity contribution in [1.82, 2.24) is 0 Å². The maximum atomic E-state index is 11.4. The Balaban J connectivity index is 3.38. The van der Waals surface area contributed by atoms with E-state index < -0.39 is 10.0 Å². The molecule has 6 heteroatoms. The van der Waals surface area contributed by atoms with E-state index in [-0.39, 0.29) is 22.5 Å². The fourth-order valence-corrected chi connectivity index (χ4v) is 2.11. The van der Waals surface area contributed by atoms with Gasteiger partial charge in [-0.15, -0.1) is 0 Å². The maximum Gasteiger partial charge on any atom is 0.245 e. The van der Waals surface area contributed by atoms with Gasteiger partial charge in [0.15, 0.2) is 4.90 Å². The molecule has 0 fully saturated rings. The first-order chi connectivity index (χ1) is 7.36. The molecule has 90 valence electrons. The van der Waals surface area contributed by atoms with E-state index in [1.165, 1.54) is 13.2 Å². The molecule has 2 N–H and O–H groups in total. The van der Waals surface area contributed by atoms with Gasteiger partial charge >= 0.3 is 0 Å². The molecular weight excluding hydrogens is 230 g/mol. The van der Waals surface area contributed by atoms with E-state index in [1.807, 2.05) is 0 Å². The monoisotopic (exact) mass is 245 g/mol. The van der Waals surface area contributed by atoms with E-state index in [9.17, 15) is 8.42 Å². The highest BCUT2D eigenvalue weighted by molar-refractivity contribution is 7.89. The summed E-state index contributed by atoms with van der Waals surface area (Å²) in [6.07, 6.45) is -0.146. The molecule has 0 saturated heterocycles. The van der Waals surface area contributed by atoms with Crippen molar-refractivity contribution in [2.75, 3.05) is 7.11 Å². The summed E-state index contributed by atoms with van der Waals surface area (Å²) in [4.78, 5) is -0.119. The van der Waals surface area contributed by atoms with Crippen LogP contribution < -0.4 is 14.6 Å². The maximum absolute atomic E-state index is 11.4. The highest BCUT2D eigenvalue weighted by atomic mass is 32.2. The molecule has 0 unspecified atom stereocenters. The van der Waals surface area contributed by atoms with Crippen LogP contribution in [0.5, 0.6) is 11.5 Å². The number of sulfonamides is 1. The van der Waals surface area contributed by atoms with Crippen molar-refractivity contribution in [2.45, 2.75) is 24.8 Å². The molecule has 1 aromatic carbocycles. The van der Waals surface area contributed by atoms with E-state index in [1.54, 1.807) is 26.0 Å². The molecule has 0 aliphatic rings. The first-order valence-electron chi connectivity index (χ1n) is 4.72. The Hall–Kier alpha value is -1.27. The van der Waals surface area contributed by atoms with Gasteiger partial charge in [-0.1, -0.05) is 6.07 Å². The zero-order valence-electron chi connectivity index (χ0n) is 9.43. The number of hydrogen-bond acceptors (Lipinski definition) is 4. The van der Waals surface area contributed by atoms with Gasteiger partial charge in [-0.3, -0.25) is 0 Å². The zero-order valence-corrected chi connectivity index (χ0v) is 10.2. The molecule has 0 aliphatic carbocycles. The quantitative estimate of drug-likeness (QED) is 0.862. The van der Waals surface area contributed by atoms with Crippen LogP contribution in [0.4, 0.5) is 0 Å². The minimum absolute atomic E-state index is 0.119. The number of methoxy groups -OCH3 is 1. The molecule has 0 amide bonds. The topological polar surface area (TPSA) is 78.6 Å². The van der Waals surface area contributed by atoms with E-state index in [0.717, 1.165) is 0 Å². The first-order valence-corrected chi connectivity index (χ1v) is 6.27. The van der Waals surface area contributed by atoms with Crippen molar-refractivity contribution < 1.29 is 17.9 Å². The van der Waals surface area contributed by atoms with E-state index in [4.69, 9.17) is 14.6 Å². The SMILES string of the molecule is COc1cccc(OC(C)C)c1S(N)(=O)=O. The molecular formula is C10H15NO4S. The smallest absolute Gasteiger partial charge is 0.245 e. The molecule has 0 aliphatic heterocycles. The number of benzene rings is 1. The molecule has 0 heterocycles. The Bertz CT molecular complexity index is 468. The minimum Gasteiger partial charge on any atom is -0.495 e. The van der Waals surface area contributed by atoms with Crippen molar-refractivity contribution in [3.8, 4) is 11.5 Å². The van der Waals surface area contributed by atoms with Gasteiger partial charge in [0.25, 0.3) is 0 Å². The van der Waals surface area contributed by atoms with Crippen LogP contribution in [0.1, 0.15) is 13.8 Å². The number of rotatable bonds is 4. The molecule has 1 aromatic rings. The number of ether oxygens (including phenoxy) is 2. The third-order valence-corrected chi connectivity index (χ3v) is 2.78. The third-order valence-electron chi connectivity index (χ3n) is 1.81. The molecule has 5 nitrogen and oxygen atoms in total. The number of hydrogen-bond donors (Lipinski definition) is 1.